The van der Waals surface area contributed by atoms with Crippen LogP contribution in [0.2, 0.25) is 0 Å². The van der Waals surface area contributed by atoms with E-state index < -0.39 is 14.9 Å². The Bertz CT molecular complexity index is 1310. The van der Waals surface area contributed by atoms with Crippen molar-refractivity contribution in [2.75, 3.05) is 17.3 Å². The van der Waals surface area contributed by atoms with Gasteiger partial charge in [0.2, 0.25) is 0 Å². The molecule has 0 unspecified atom stereocenters. The fraction of sp³-hybridized carbons (Fsp3) is 0.0455. The third kappa shape index (κ3) is 6.40. The van der Waals surface area contributed by atoms with Gasteiger partial charge in [0.25, 0.3) is 15.7 Å². The highest BCUT2D eigenvalue weighted by Gasteiger charge is 2.23. The zero-order valence-corrected chi connectivity index (χ0v) is 19.7. The molecule has 3 aromatic carbocycles. The molecule has 0 amide bonds. The molecule has 0 bridgehead atoms. The minimum atomic E-state index is -4.23. The number of nitrogens with one attached hydrogen (secondary N) is 2. The second-order valence-electron chi connectivity index (χ2n) is 6.55. The average Bonchev–Trinajstić information content (AvgIpc) is 2.80. The Hall–Kier alpha value is -3.70. The van der Waals surface area contributed by atoms with Crippen LogP contribution in [0.15, 0.2) is 87.3 Å². The molecule has 0 aliphatic rings. The van der Waals surface area contributed by atoms with Gasteiger partial charge in [-0.3, -0.25) is 20.3 Å². The van der Waals surface area contributed by atoms with Crippen LogP contribution < -0.4 is 14.9 Å². The highest BCUT2D eigenvalue weighted by molar-refractivity contribution is 9.12. The van der Waals surface area contributed by atoms with Gasteiger partial charge in [-0.2, -0.15) is 5.10 Å². The first kappa shape index (κ1) is 24.0. The van der Waals surface area contributed by atoms with Gasteiger partial charge in [0.15, 0.2) is 0 Å². The Kier molecular flexibility index (Phi) is 7.80. The lowest BCUT2D eigenvalue weighted by Crippen LogP contribution is -2.15. The van der Waals surface area contributed by atoms with Gasteiger partial charge in [0, 0.05) is 16.6 Å². The highest BCUT2D eigenvalue weighted by Crippen LogP contribution is 2.31. The molecular weight excluding hydrogens is 512 g/mol. The van der Waals surface area contributed by atoms with Gasteiger partial charge in [-0.25, -0.2) is 8.42 Å². The van der Waals surface area contributed by atoms with Gasteiger partial charge in [0.1, 0.15) is 10.6 Å². The first-order chi connectivity index (χ1) is 15.8. The summed E-state index contributed by atoms with van der Waals surface area (Å²) >= 11 is 3.37. The van der Waals surface area contributed by atoms with E-state index in [2.05, 4.69) is 31.2 Å². The number of para-hydroxylation sites is 2. The first-order valence-electron chi connectivity index (χ1n) is 9.46. The predicted molar refractivity (Wildman–Crippen MR) is 132 cm³/mol. The lowest BCUT2D eigenvalue weighted by Gasteiger charge is -2.14. The quantitative estimate of drug-likeness (QED) is 0.221. The number of ether oxygens (including phenoxy) is 1. The van der Waals surface area contributed by atoms with Crippen LogP contribution in [0.5, 0.6) is 5.75 Å². The van der Waals surface area contributed by atoms with E-state index in [0.29, 0.717) is 10.2 Å². The van der Waals surface area contributed by atoms with Crippen molar-refractivity contribution in [3.8, 4) is 5.75 Å². The summed E-state index contributed by atoms with van der Waals surface area (Å²) in [6.45, 7) is 0. The van der Waals surface area contributed by atoms with Crippen molar-refractivity contribution in [3.05, 3.63) is 93.0 Å². The molecule has 0 aromatic heterocycles. The van der Waals surface area contributed by atoms with Gasteiger partial charge in [0.05, 0.1) is 29.6 Å². The van der Waals surface area contributed by atoms with Crippen molar-refractivity contribution in [2.45, 2.75) is 4.90 Å². The van der Waals surface area contributed by atoms with Gasteiger partial charge in [-0.15, -0.1) is 0 Å². The molecule has 0 saturated carbocycles. The number of hydrogen-bond donors (Lipinski definition) is 2. The summed E-state index contributed by atoms with van der Waals surface area (Å²) in [7, 11) is -2.82. The molecule has 11 heteroatoms. The summed E-state index contributed by atoms with van der Waals surface area (Å²) < 4.78 is 34.4. The zero-order chi connectivity index (χ0) is 23.8. The van der Waals surface area contributed by atoms with Crippen molar-refractivity contribution >= 4 is 55.3 Å². The zero-order valence-electron chi connectivity index (χ0n) is 17.3. The second kappa shape index (κ2) is 10.7. The highest BCUT2D eigenvalue weighted by atomic mass is 79.9. The number of rotatable bonds is 9. The molecule has 0 spiro atoms. The molecule has 0 saturated heterocycles. The molecule has 0 radical (unpaired) electrons. The van der Waals surface area contributed by atoms with Crippen molar-refractivity contribution in [1.29, 1.82) is 0 Å². The van der Waals surface area contributed by atoms with E-state index in [0.717, 1.165) is 11.6 Å². The number of non-ortho nitro benzene ring substituents is 1. The largest absolute Gasteiger partial charge is 0.495 e. The van der Waals surface area contributed by atoms with E-state index in [-0.39, 0.29) is 22.0 Å². The van der Waals surface area contributed by atoms with Crippen LogP contribution in [0.3, 0.4) is 0 Å². The number of hydrogen-bond acceptors (Lipinski definition) is 7. The molecule has 3 rings (SSSR count). The van der Waals surface area contributed by atoms with E-state index in [1.807, 2.05) is 36.4 Å². The maximum absolute atomic E-state index is 13.1. The fourth-order valence-electron chi connectivity index (χ4n) is 2.78. The van der Waals surface area contributed by atoms with E-state index in [1.165, 1.54) is 31.5 Å². The molecule has 0 aliphatic carbocycles. The summed E-state index contributed by atoms with van der Waals surface area (Å²) in [6, 6.07) is 19.4. The summed E-state index contributed by atoms with van der Waals surface area (Å²) in [5, 5.41) is 15.3. The van der Waals surface area contributed by atoms with Gasteiger partial charge < -0.3 is 4.74 Å². The molecule has 2 N–H and O–H groups in total. The number of anilines is 2. The number of nitro benzene ring substituents is 1. The SMILES string of the molecule is COc1ccccc1NS(=O)(=O)c1cc([N+](=O)[O-])ccc1NN=CC(Br)=Cc1ccccc1. The van der Waals surface area contributed by atoms with E-state index >= 15 is 0 Å². The van der Waals surface area contributed by atoms with Crippen LogP contribution in [-0.4, -0.2) is 26.7 Å². The normalized spacial score (nSPS) is 11.9. The molecule has 0 atom stereocenters. The van der Waals surface area contributed by atoms with Crippen LogP contribution in [-0.2, 0) is 10.0 Å². The Morgan fingerprint density at radius 3 is 2.45 bits per heavy atom. The molecule has 0 fully saturated rings. The summed E-state index contributed by atoms with van der Waals surface area (Å²) in [5.74, 6) is 0.300. The van der Waals surface area contributed by atoms with Crippen molar-refractivity contribution in [2.24, 2.45) is 5.10 Å². The van der Waals surface area contributed by atoms with Crippen LogP contribution >= 0.6 is 15.9 Å². The fourth-order valence-corrected chi connectivity index (χ4v) is 4.39. The first-order valence-corrected chi connectivity index (χ1v) is 11.7. The molecule has 170 valence electrons. The number of halogens is 1. The average molecular weight is 531 g/mol. The van der Waals surface area contributed by atoms with Crippen LogP contribution in [0, 0.1) is 10.1 Å². The molecule has 33 heavy (non-hydrogen) atoms. The topological polar surface area (TPSA) is 123 Å². The minimum absolute atomic E-state index is 0.0549. The number of hydrazone groups is 1. The number of sulfonamides is 1. The molecule has 0 heterocycles. The standard InChI is InChI=1S/C22H19BrN4O5S/c1-32-21-10-6-5-9-19(21)26-33(30,31)22-14-18(27(28)29)11-12-20(22)25-24-15-17(23)13-16-7-3-2-4-8-16/h2-15,25-26H,1H3. The van der Waals surface area contributed by atoms with Gasteiger partial charge >= 0.3 is 0 Å². The van der Waals surface area contributed by atoms with Crippen molar-refractivity contribution in [1.82, 2.24) is 0 Å². The Morgan fingerprint density at radius 1 is 1.06 bits per heavy atom. The Labute approximate surface area is 199 Å². The smallest absolute Gasteiger partial charge is 0.270 e. The Balaban J connectivity index is 1.91. The lowest BCUT2D eigenvalue weighted by atomic mass is 10.2. The van der Waals surface area contributed by atoms with Gasteiger partial charge in [-0.05, 0) is 45.8 Å². The third-order valence-corrected chi connectivity index (χ3v) is 6.13. The third-order valence-electron chi connectivity index (χ3n) is 4.29. The van der Waals surface area contributed by atoms with Crippen molar-refractivity contribution < 1.29 is 18.1 Å². The Morgan fingerprint density at radius 2 is 1.76 bits per heavy atom. The number of nitro groups is 1. The van der Waals surface area contributed by atoms with Gasteiger partial charge in [-0.1, -0.05) is 42.5 Å². The van der Waals surface area contributed by atoms with E-state index in [4.69, 9.17) is 4.74 Å². The number of nitrogens with zero attached hydrogens (tertiary/aromatic N) is 2. The molecule has 9 nitrogen and oxygen atoms in total. The maximum atomic E-state index is 13.1. The van der Waals surface area contributed by atoms with E-state index in [9.17, 15) is 18.5 Å². The maximum Gasteiger partial charge on any atom is 0.270 e. The van der Waals surface area contributed by atoms with Crippen molar-refractivity contribution in [3.63, 3.8) is 0 Å². The molecule has 0 aliphatic heterocycles. The number of methoxy groups -OCH3 is 1. The number of allylic oxidation sites excluding steroid dienone is 1. The number of benzene rings is 3. The lowest BCUT2D eigenvalue weighted by molar-refractivity contribution is -0.385. The van der Waals surface area contributed by atoms with Crippen LogP contribution in [0.4, 0.5) is 17.1 Å². The monoisotopic (exact) mass is 530 g/mol. The summed E-state index contributed by atoms with van der Waals surface area (Å²) in [6.07, 6.45) is 3.26. The predicted octanol–water partition coefficient (Wildman–Crippen LogP) is 5.24. The van der Waals surface area contributed by atoms with Crippen LogP contribution in [0.25, 0.3) is 6.08 Å². The molecule has 3 aromatic rings. The molecular formula is C22H19BrN4O5S. The second-order valence-corrected chi connectivity index (χ2v) is 9.12. The minimum Gasteiger partial charge on any atom is -0.495 e. The van der Waals surface area contributed by atoms with Crippen LogP contribution in [0.1, 0.15) is 5.56 Å². The van der Waals surface area contributed by atoms with E-state index in [1.54, 1.807) is 18.2 Å². The summed E-state index contributed by atoms with van der Waals surface area (Å²) in [5.41, 5.74) is 3.45. The summed E-state index contributed by atoms with van der Waals surface area (Å²) in [4.78, 5) is 10.2.